The number of esters is 1. The molecule has 0 bridgehead atoms. The molecule has 134 valence electrons. The Balaban J connectivity index is 1.84. The largest absolute Gasteiger partial charge is 0.496 e. The van der Waals surface area contributed by atoms with Gasteiger partial charge < -0.3 is 15.2 Å². The number of nitrogen functional groups attached to an aromatic ring is 1. The number of pyridine rings is 1. The quantitative estimate of drug-likeness (QED) is 0.497. The number of nitrogens with two attached hydrogens (primary N) is 1. The van der Waals surface area contributed by atoms with Crippen LogP contribution in [0.15, 0.2) is 45.8 Å². The van der Waals surface area contributed by atoms with E-state index in [1.165, 1.54) is 29.7 Å². The summed E-state index contributed by atoms with van der Waals surface area (Å²) >= 11 is 9.25. The molecule has 0 spiro atoms. The first-order valence-electron chi connectivity index (χ1n) is 7.37. The van der Waals surface area contributed by atoms with Crippen LogP contribution in [-0.4, -0.2) is 22.5 Å². The lowest BCUT2D eigenvalue weighted by molar-refractivity contribution is 0.0464. The van der Waals surface area contributed by atoms with Crippen LogP contribution in [0.2, 0.25) is 5.02 Å². The number of ether oxygens (including phenoxy) is 2. The number of benzene rings is 1. The van der Waals surface area contributed by atoms with Crippen LogP contribution in [0.3, 0.4) is 0 Å². The number of nitrogens with zero attached hydrogens (tertiary/aromatic N) is 2. The summed E-state index contributed by atoms with van der Waals surface area (Å²) in [5.41, 5.74) is 6.60. The van der Waals surface area contributed by atoms with Gasteiger partial charge in [0.25, 0.3) is 5.56 Å². The number of anilines is 1. The van der Waals surface area contributed by atoms with Crippen LogP contribution in [0.5, 0.6) is 5.75 Å². The molecule has 0 unspecified atom stereocenters. The van der Waals surface area contributed by atoms with E-state index >= 15 is 0 Å². The lowest BCUT2D eigenvalue weighted by Crippen LogP contribution is -2.16. The predicted molar refractivity (Wildman–Crippen MR) is 101 cm³/mol. The Kier molecular flexibility index (Phi) is 5.15. The molecule has 3 rings (SSSR count). The highest BCUT2D eigenvalue weighted by atomic mass is 79.9. The molecule has 0 saturated heterocycles. The Morgan fingerprint density at radius 1 is 1.35 bits per heavy atom. The van der Waals surface area contributed by atoms with Crippen molar-refractivity contribution in [3.05, 3.63) is 67.6 Å². The number of carbonyl (C=O) groups excluding carboxylic acids is 1. The highest BCUT2D eigenvalue weighted by molar-refractivity contribution is 9.10. The van der Waals surface area contributed by atoms with Gasteiger partial charge in [-0.3, -0.25) is 9.20 Å². The van der Waals surface area contributed by atoms with Crippen LogP contribution in [-0.2, 0) is 11.3 Å². The summed E-state index contributed by atoms with van der Waals surface area (Å²) in [6.45, 7) is -0.175. The number of halogens is 2. The number of aromatic nitrogens is 2. The zero-order valence-electron chi connectivity index (χ0n) is 13.5. The first-order chi connectivity index (χ1) is 12.4. The molecule has 0 saturated carbocycles. The summed E-state index contributed by atoms with van der Waals surface area (Å²) in [6.07, 6.45) is 1.61. The third-order valence-electron chi connectivity index (χ3n) is 3.57. The zero-order chi connectivity index (χ0) is 18.8. The van der Waals surface area contributed by atoms with E-state index in [4.69, 9.17) is 26.8 Å². The minimum absolute atomic E-state index is 0.133. The Morgan fingerprint density at radius 3 is 2.85 bits per heavy atom. The van der Waals surface area contributed by atoms with E-state index in [2.05, 4.69) is 20.9 Å². The van der Waals surface area contributed by atoms with E-state index < -0.39 is 5.97 Å². The second-order valence-electron chi connectivity index (χ2n) is 5.31. The first kappa shape index (κ1) is 18.2. The summed E-state index contributed by atoms with van der Waals surface area (Å²) in [4.78, 5) is 28.8. The van der Waals surface area contributed by atoms with Crippen LogP contribution in [0.25, 0.3) is 5.65 Å². The number of methoxy groups -OCH3 is 1. The Bertz CT molecular complexity index is 1070. The van der Waals surface area contributed by atoms with E-state index in [0.29, 0.717) is 11.3 Å². The molecule has 2 N–H and O–H groups in total. The SMILES string of the molecule is COc1cc(N)c(Cl)cc1C(=O)OCc1cc(=O)n2cc(Br)ccc2n1. The lowest BCUT2D eigenvalue weighted by atomic mass is 10.2. The molecule has 0 amide bonds. The molecule has 0 fully saturated rings. The lowest BCUT2D eigenvalue weighted by Gasteiger charge is -2.11. The molecule has 26 heavy (non-hydrogen) atoms. The van der Waals surface area contributed by atoms with E-state index in [0.717, 1.165) is 4.47 Å². The summed E-state index contributed by atoms with van der Waals surface area (Å²) in [7, 11) is 1.41. The zero-order valence-corrected chi connectivity index (χ0v) is 15.9. The second kappa shape index (κ2) is 7.35. The van der Waals surface area contributed by atoms with Gasteiger partial charge in [-0.15, -0.1) is 0 Å². The van der Waals surface area contributed by atoms with E-state index in [9.17, 15) is 9.59 Å². The summed E-state index contributed by atoms with van der Waals surface area (Å²) < 4.78 is 12.5. The van der Waals surface area contributed by atoms with E-state index in [-0.39, 0.29) is 34.2 Å². The van der Waals surface area contributed by atoms with Crippen molar-refractivity contribution in [2.75, 3.05) is 12.8 Å². The van der Waals surface area contributed by atoms with Crippen LogP contribution in [0.1, 0.15) is 16.1 Å². The van der Waals surface area contributed by atoms with Gasteiger partial charge >= 0.3 is 5.97 Å². The van der Waals surface area contributed by atoms with Crippen LogP contribution in [0.4, 0.5) is 5.69 Å². The number of rotatable bonds is 4. The van der Waals surface area contributed by atoms with Crippen LogP contribution < -0.4 is 16.0 Å². The van der Waals surface area contributed by atoms with Gasteiger partial charge in [-0.1, -0.05) is 11.6 Å². The fourth-order valence-electron chi connectivity index (χ4n) is 2.31. The van der Waals surface area contributed by atoms with Crippen LogP contribution in [0, 0.1) is 0 Å². The van der Waals surface area contributed by atoms with Gasteiger partial charge in [-0.2, -0.15) is 0 Å². The highest BCUT2D eigenvalue weighted by Crippen LogP contribution is 2.29. The van der Waals surface area contributed by atoms with Crippen LogP contribution >= 0.6 is 27.5 Å². The number of fused-ring (bicyclic) bond motifs is 1. The molecule has 2 aromatic heterocycles. The molecular weight excluding hydrogens is 426 g/mol. The highest BCUT2D eigenvalue weighted by Gasteiger charge is 2.17. The van der Waals surface area contributed by atoms with Crippen molar-refractivity contribution in [3.63, 3.8) is 0 Å². The van der Waals surface area contributed by atoms with Gasteiger partial charge in [0, 0.05) is 22.8 Å². The molecule has 0 aliphatic rings. The van der Waals surface area contributed by atoms with Gasteiger partial charge in [0.2, 0.25) is 0 Å². The fourth-order valence-corrected chi connectivity index (χ4v) is 2.82. The fraction of sp³-hybridized carbons (Fsp3) is 0.118. The molecule has 0 aliphatic heterocycles. The number of hydrogen-bond donors (Lipinski definition) is 1. The topological polar surface area (TPSA) is 95.9 Å². The molecule has 0 aliphatic carbocycles. The molecule has 0 radical (unpaired) electrons. The van der Waals surface area contributed by atoms with Crippen molar-refractivity contribution in [2.45, 2.75) is 6.61 Å². The molecule has 1 aromatic carbocycles. The maximum atomic E-state index is 12.3. The summed E-state index contributed by atoms with van der Waals surface area (Å²) in [6, 6.07) is 7.56. The van der Waals surface area contributed by atoms with E-state index in [1.807, 2.05) is 0 Å². The van der Waals surface area contributed by atoms with Crippen molar-refractivity contribution in [1.29, 1.82) is 0 Å². The first-order valence-corrected chi connectivity index (χ1v) is 8.54. The van der Waals surface area contributed by atoms with Crippen molar-refractivity contribution < 1.29 is 14.3 Å². The van der Waals surface area contributed by atoms with E-state index in [1.54, 1.807) is 18.3 Å². The standard InChI is InChI=1S/C17H13BrClN3O4/c1-25-14-6-13(20)12(19)5-11(14)17(24)26-8-10-4-16(23)22-7-9(18)2-3-15(22)21-10/h2-7H,8,20H2,1H3. The summed E-state index contributed by atoms with van der Waals surface area (Å²) in [5, 5.41) is 0.213. The monoisotopic (exact) mass is 437 g/mol. The van der Waals surface area contributed by atoms with Crippen molar-refractivity contribution in [2.24, 2.45) is 0 Å². The number of carbonyl (C=O) groups is 1. The maximum absolute atomic E-state index is 12.3. The van der Waals surface area contributed by atoms with Crippen molar-refractivity contribution in [1.82, 2.24) is 9.38 Å². The third-order valence-corrected chi connectivity index (χ3v) is 4.36. The minimum Gasteiger partial charge on any atom is -0.496 e. The average molecular weight is 439 g/mol. The Labute approximate surface area is 161 Å². The Hall–Kier alpha value is -2.58. The van der Waals surface area contributed by atoms with Gasteiger partial charge in [0.15, 0.2) is 0 Å². The second-order valence-corrected chi connectivity index (χ2v) is 6.63. The average Bonchev–Trinajstić information content (AvgIpc) is 2.62. The third kappa shape index (κ3) is 3.66. The van der Waals surface area contributed by atoms with Gasteiger partial charge in [0.1, 0.15) is 23.6 Å². The molecular formula is C17H13BrClN3O4. The molecule has 2 heterocycles. The number of hydrogen-bond acceptors (Lipinski definition) is 6. The predicted octanol–water partition coefficient (Wildman–Crippen LogP) is 3.06. The minimum atomic E-state index is -0.665. The van der Waals surface area contributed by atoms with Crippen molar-refractivity contribution in [3.8, 4) is 5.75 Å². The molecule has 0 atom stereocenters. The Morgan fingerprint density at radius 2 is 2.12 bits per heavy atom. The van der Waals surface area contributed by atoms with Gasteiger partial charge in [0.05, 0.1) is 23.5 Å². The summed E-state index contributed by atoms with van der Waals surface area (Å²) in [5.74, 6) is -0.421. The van der Waals surface area contributed by atoms with Gasteiger partial charge in [-0.05, 0) is 34.1 Å². The maximum Gasteiger partial charge on any atom is 0.342 e. The van der Waals surface area contributed by atoms with Gasteiger partial charge in [-0.25, -0.2) is 9.78 Å². The normalized spacial score (nSPS) is 10.7. The molecule has 3 aromatic rings. The van der Waals surface area contributed by atoms with Crippen molar-refractivity contribution >= 4 is 44.8 Å². The smallest absolute Gasteiger partial charge is 0.342 e. The molecule has 7 nitrogen and oxygen atoms in total. The molecule has 9 heteroatoms.